The van der Waals surface area contributed by atoms with Gasteiger partial charge >= 0.3 is 0 Å². The minimum Gasteiger partial charge on any atom is -0.353 e. The average Bonchev–Trinajstić information content (AvgIpc) is 2.43. The summed E-state index contributed by atoms with van der Waals surface area (Å²) in [5.74, 6) is -0.119. The van der Waals surface area contributed by atoms with Crippen LogP contribution in [0.5, 0.6) is 0 Å². The molecule has 6 nitrogen and oxygen atoms in total. The quantitative estimate of drug-likeness (QED) is 0.645. The number of carbonyl (C=O) groups excluding carboxylic acids is 1. The van der Waals surface area contributed by atoms with E-state index in [9.17, 15) is 14.9 Å². The number of nitro groups is 1. The lowest BCUT2D eigenvalue weighted by Crippen LogP contribution is -2.41. The highest BCUT2D eigenvalue weighted by Gasteiger charge is 2.20. The van der Waals surface area contributed by atoms with E-state index in [1.807, 2.05) is 0 Å². The van der Waals surface area contributed by atoms with Crippen molar-refractivity contribution >= 4 is 35.6 Å². The lowest BCUT2D eigenvalue weighted by molar-refractivity contribution is -0.384. The normalized spacial score (nSPS) is 20.8. The summed E-state index contributed by atoms with van der Waals surface area (Å²) < 4.78 is 0. The van der Waals surface area contributed by atoms with Crippen molar-refractivity contribution in [2.24, 2.45) is 5.73 Å². The zero-order valence-corrected chi connectivity index (χ0v) is 13.5. The molecule has 0 radical (unpaired) electrons. The van der Waals surface area contributed by atoms with Crippen molar-refractivity contribution in [2.45, 2.75) is 44.2 Å². The minimum absolute atomic E-state index is 0. The smallest absolute Gasteiger partial charge is 0.270 e. The molecule has 1 aliphatic rings. The SMILES string of the molecule is Cl.NC1CCC(NC(=O)Cc2ccc([N+](=O)[O-])cc2Cl)CC1. The number of benzene rings is 1. The number of nitrogens with one attached hydrogen (secondary N) is 1. The van der Waals surface area contributed by atoms with Crippen LogP contribution in [0.25, 0.3) is 0 Å². The van der Waals surface area contributed by atoms with E-state index in [2.05, 4.69) is 5.32 Å². The molecular formula is C14H19Cl2N3O3. The van der Waals surface area contributed by atoms with Gasteiger partial charge in [-0.2, -0.15) is 0 Å². The number of amides is 1. The molecule has 22 heavy (non-hydrogen) atoms. The number of carbonyl (C=O) groups is 1. The molecule has 122 valence electrons. The summed E-state index contributed by atoms with van der Waals surface area (Å²) >= 11 is 5.98. The van der Waals surface area contributed by atoms with E-state index in [1.165, 1.54) is 18.2 Å². The van der Waals surface area contributed by atoms with Gasteiger partial charge in [0.15, 0.2) is 0 Å². The standard InChI is InChI=1S/C14H18ClN3O3.ClH/c15-13-8-12(18(20)21)6-1-9(13)7-14(19)17-11-4-2-10(16)3-5-11;/h1,6,8,10-11H,2-5,7,16H2,(H,17,19);1H. The van der Waals surface area contributed by atoms with Gasteiger partial charge in [-0.15, -0.1) is 12.4 Å². The average molecular weight is 348 g/mol. The number of hydrogen-bond donors (Lipinski definition) is 2. The van der Waals surface area contributed by atoms with E-state index in [4.69, 9.17) is 17.3 Å². The Kier molecular flexibility index (Phi) is 7.06. The van der Waals surface area contributed by atoms with Crippen molar-refractivity contribution in [1.29, 1.82) is 0 Å². The molecule has 1 aromatic rings. The van der Waals surface area contributed by atoms with E-state index < -0.39 is 4.92 Å². The number of halogens is 2. The van der Waals surface area contributed by atoms with E-state index >= 15 is 0 Å². The zero-order chi connectivity index (χ0) is 15.4. The van der Waals surface area contributed by atoms with Crippen LogP contribution in [0.2, 0.25) is 5.02 Å². The molecule has 0 unspecified atom stereocenters. The fraction of sp³-hybridized carbons (Fsp3) is 0.500. The van der Waals surface area contributed by atoms with Gasteiger partial charge < -0.3 is 11.1 Å². The summed E-state index contributed by atoms with van der Waals surface area (Å²) in [6, 6.07) is 4.55. The van der Waals surface area contributed by atoms with Crippen molar-refractivity contribution < 1.29 is 9.72 Å². The maximum atomic E-state index is 12.0. The summed E-state index contributed by atoms with van der Waals surface area (Å²) in [6.45, 7) is 0. The van der Waals surface area contributed by atoms with Gasteiger partial charge in [-0.05, 0) is 31.2 Å². The van der Waals surface area contributed by atoms with E-state index in [-0.39, 0.29) is 47.5 Å². The first kappa shape index (κ1) is 18.7. The molecule has 1 saturated carbocycles. The summed E-state index contributed by atoms with van der Waals surface area (Å²) in [7, 11) is 0. The summed E-state index contributed by atoms with van der Waals surface area (Å²) in [4.78, 5) is 22.1. The highest BCUT2D eigenvalue weighted by molar-refractivity contribution is 6.31. The molecule has 0 aliphatic heterocycles. The second-order valence-electron chi connectivity index (χ2n) is 5.39. The first-order valence-electron chi connectivity index (χ1n) is 6.93. The van der Waals surface area contributed by atoms with Crippen molar-refractivity contribution in [3.8, 4) is 0 Å². The highest BCUT2D eigenvalue weighted by Crippen LogP contribution is 2.23. The Hall–Kier alpha value is -1.37. The molecule has 0 saturated heterocycles. The largest absolute Gasteiger partial charge is 0.353 e. The van der Waals surface area contributed by atoms with Crippen LogP contribution in [0.1, 0.15) is 31.2 Å². The molecule has 3 N–H and O–H groups in total. The van der Waals surface area contributed by atoms with Crippen LogP contribution >= 0.6 is 24.0 Å². The third-order valence-corrected chi connectivity index (χ3v) is 4.09. The first-order valence-corrected chi connectivity index (χ1v) is 7.31. The van der Waals surface area contributed by atoms with Crippen LogP contribution < -0.4 is 11.1 Å². The molecule has 1 aromatic carbocycles. The summed E-state index contributed by atoms with van der Waals surface area (Å²) in [5.41, 5.74) is 6.34. The van der Waals surface area contributed by atoms with Crippen LogP contribution in [0.3, 0.4) is 0 Å². The number of nitrogens with zero attached hydrogens (tertiary/aromatic N) is 1. The third-order valence-electron chi connectivity index (χ3n) is 3.74. The maximum Gasteiger partial charge on any atom is 0.270 e. The zero-order valence-electron chi connectivity index (χ0n) is 12.0. The Morgan fingerprint density at radius 3 is 2.55 bits per heavy atom. The molecule has 0 spiro atoms. The third kappa shape index (κ3) is 5.12. The van der Waals surface area contributed by atoms with E-state index in [0.717, 1.165) is 25.7 Å². The lowest BCUT2D eigenvalue weighted by Gasteiger charge is -2.26. The Bertz CT molecular complexity index is 546. The molecule has 8 heteroatoms. The second-order valence-corrected chi connectivity index (χ2v) is 5.80. The van der Waals surface area contributed by atoms with Gasteiger partial charge in [-0.25, -0.2) is 0 Å². The Morgan fingerprint density at radius 2 is 2.00 bits per heavy atom. The van der Waals surface area contributed by atoms with Crippen LogP contribution in [-0.2, 0) is 11.2 Å². The van der Waals surface area contributed by atoms with Gasteiger partial charge in [0.1, 0.15) is 0 Å². The molecule has 2 rings (SSSR count). The van der Waals surface area contributed by atoms with Gasteiger partial charge in [0, 0.05) is 24.2 Å². The molecule has 0 heterocycles. The van der Waals surface area contributed by atoms with Crippen molar-refractivity contribution in [1.82, 2.24) is 5.32 Å². The van der Waals surface area contributed by atoms with Crippen molar-refractivity contribution in [3.63, 3.8) is 0 Å². The predicted molar refractivity (Wildman–Crippen MR) is 87.4 cm³/mol. The minimum atomic E-state index is -0.513. The second kappa shape index (κ2) is 8.31. The van der Waals surface area contributed by atoms with Crippen LogP contribution in [0.4, 0.5) is 5.69 Å². The fourth-order valence-electron chi connectivity index (χ4n) is 2.51. The molecule has 1 aliphatic carbocycles. The Morgan fingerprint density at radius 1 is 1.36 bits per heavy atom. The topological polar surface area (TPSA) is 98.3 Å². The molecular weight excluding hydrogens is 329 g/mol. The number of non-ortho nitro benzene ring substituents is 1. The molecule has 1 fully saturated rings. The van der Waals surface area contributed by atoms with Crippen LogP contribution in [0.15, 0.2) is 18.2 Å². The highest BCUT2D eigenvalue weighted by atomic mass is 35.5. The number of nitrogens with two attached hydrogens (primary N) is 1. The first-order chi connectivity index (χ1) is 9.95. The number of hydrogen-bond acceptors (Lipinski definition) is 4. The lowest BCUT2D eigenvalue weighted by atomic mass is 9.91. The summed E-state index contributed by atoms with van der Waals surface area (Å²) in [6.07, 6.45) is 3.74. The number of nitro benzene ring substituents is 1. The monoisotopic (exact) mass is 347 g/mol. The van der Waals surface area contributed by atoms with Crippen LogP contribution in [0, 0.1) is 10.1 Å². The Balaban J connectivity index is 0.00000242. The number of rotatable bonds is 4. The van der Waals surface area contributed by atoms with Crippen molar-refractivity contribution in [3.05, 3.63) is 38.9 Å². The molecule has 1 amide bonds. The van der Waals surface area contributed by atoms with Crippen LogP contribution in [-0.4, -0.2) is 22.9 Å². The van der Waals surface area contributed by atoms with E-state index in [1.54, 1.807) is 0 Å². The van der Waals surface area contributed by atoms with Gasteiger partial charge in [0.2, 0.25) is 5.91 Å². The van der Waals surface area contributed by atoms with Gasteiger partial charge in [0.05, 0.1) is 16.4 Å². The molecule has 0 bridgehead atoms. The fourth-order valence-corrected chi connectivity index (χ4v) is 2.75. The predicted octanol–water partition coefficient (Wildman–Crippen LogP) is 2.60. The molecule has 0 aromatic heterocycles. The summed E-state index contributed by atoms with van der Waals surface area (Å²) in [5, 5.41) is 13.8. The van der Waals surface area contributed by atoms with Gasteiger partial charge in [-0.1, -0.05) is 17.7 Å². The van der Waals surface area contributed by atoms with Gasteiger partial charge in [-0.3, -0.25) is 14.9 Å². The van der Waals surface area contributed by atoms with Gasteiger partial charge in [0.25, 0.3) is 5.69 Å². The van der Waals surface area contributed by atoms with E-state index in [0.29, 0.717) is 5.56 Å². The maximum absolute atomic E-state index is 12.0. The van der Waals surface area contributed by atoms with Crippen molar-refractivity contribution in [2.75, 3.05) is 0 Å². The molecule has 0 atom stereocenters. The Labute approximate surface area is 140 Å².